The average molecular weight is 352 g/mol. The van der Waals surface area contributed by atoms with Gasteiger partial charge in [0.05, 0.1) is 12.6 Å². The average Bonchev–Trinajstić information content (AvgIpc) is 3.01. The van der Waals surface area contributed by atoms with Gasteiger partial charge in [0, 0.05) is 31.7 Å². The van der Waals surface area contributed by atoms with Gasteiger partial charge in [-0.25, -0.2) is 9.97 Å². The summed E-state index contributed by atoms with van der Waals surface area (Å²) in [5.41, 5.74) is 0. The smallest absolute Gasteiger partial charge is 0.242 e. The van der Waals surface area contributed by atoms with Crippen molar-refractivity contribution in [1.29, 1.82) is 0 Å². The van der Waals surface area contributed by atoms with E-state index in [1.165, 1.54) is 0 Å². The monoisotopic (exact) mass is 351 g/mol. The Bertz CT molecular complexity index is 666. The first-order valence-corrected chi connectivity index (χ1v) is 8.10. The van der Waals surface area contributed by atoms with Crippen molar-refractivity contribution in [2.75, 3.05) is 13.2 Å². The molecule has 3 heterocycles. The van der Waals surface area contributed by atoms with E-state index >= 15 is 0 Å². The van der Waals surface area contributed by atoms with E-state index in [2.05, 4.69) is 25.5 Å². The lowest BCUT2D eigenvalue weighted by Crippen LogP contribution is -2.51. The Morgan fingerprint density at radius 2 is 2.42 bits per heavy atom. The zero-order valence-corrected chi connectivity index (χ0v) is 13.7. The van der Waals surface area contributed by atoms with Gasteiger partial charge in [-0.05, 0) is 24.1 Å². The van der Waals surface area contributed by atoms with Crippen LogP contribution in [-0.2, 0) is 16.0 Å². The summed E-state index contributed by atoms with van der Waals surface area (Å²) in [6.45, 7) is 1.00. The maximum atomic E-state index is 12.2. The first kappa shape index (κ1) is 16.7. The lowest BCUT2D eigenvalue weighted by molar-refractivity contribution is -0.124. The molecule has 0 aromatic carbocycles. The van der Waals surface area contributed by atoms with E-state index in [1.54, 1.807) is 12.3 Å². The van der Waals surface area contributed by atoms with Gasteiger partial charge in [-0.2, -0.15) is 0 Å². The highest BCUT2D eigenvalue weighted by Gasteiger charge is 2.29. The molecule has 2 atom stereocenters. The Kier molecular flexibility index (Phi) is 5.60. The molecule has 3 rings (SSSR count). The lowest BCUT2D eigenvalue weighted by atomic mass is 10.1. The lowest BCUT2D eigenvalue weighted by Gasteiger charge is -2.32. The van der Waals surface area contributed by atoms with Crippen molar-refractivity contribution in [2.45, 2.75) is 31.4 Å². The van der Waals surface area contributed by atoms with Crippen molar-refractivity contribution in [1.82, 2.24) is 25.5 Å². The number of nitrogens with zero attached hydrogens (tertiary/aromatic N) is 3. The summed E-state index contributed by atoms with van der Waals surface area (Å²) >= 11 is 5.64. The molecule has 0 bridgehead atoms. The van der Waals surface area contributed by atoms with E-state index in [1.807, 2.05) is 12.1 Å². The second kappa shape index (κ2) is 8.07. The van der Waals surface area contributed by atoms with E-state index in [-0.39, 0.29) is 23.3 Å². The molecular weight excluding hydrogens is 334 g/mol. The molecule has 8 nitrogen and oxygen atoms in total. The third kappa shape index (κ3) is 4.65. The number of hydrogen-bond acceptors (Lipinski definition) is 6. The SMILES string of the molecule is O=C(CCc1nc(Cl)n[nH]1)N[C@@H]1CCOC[C@H]1Oc1ccccn1. The van der Waals surface area contributed by atoms with Crippen LogP contribution in [-0.4, -0.2) is 51.4 Å². The molecule has 2 aromatic rings. The van der Waals surface area contributed by atoms with E-state index in [4.69, 9.17) is 21.1 Å². The van der Waals surface area contributed by atoms with Crippen LogP contribution in [0.1, 0.15) is 18.7 Å². The summed E-state index contributed by atoms with van der Waals surface area (Å²) < 4.78 is 11.3. The molecule has 2 aromatic heterocycles. The van der Waals surface area contributed by atoms with Crippen LogP contribution in [0.5, 0.6) is 5.88 Å². The fraction of sp³-hybridized carbons (Fsp3) is 0.467. The van der Waals surface area contributed by atoms with Crippen molar-refractivity contribution < 1.29 is 14.3 Å². The van der Waals surface area contributed by atoms with E-state index in [0.717, 1.165) is 0 Å². The predicted octanol–water partition coefficient (Wildman–Crippen LogP) is 1.14. The molecule has 1 fully saturated rings. The summed E-state index contributed by atoms with van der Waals surface area (Å²) in [5.74, 6) is 1.02. The van der Waals surface area contributed by atoms with Crippen LogP contribution < -0.4 is 10.1 Å². The number of halogens is 1. The topological polar surface area (TPSA) is 102 Å². The highest BCUT2D eigenvalue weighted by molar-refractivity contribution is 6.28. The summed E-state index contributed by atoms with van der Waals surface area (Å²) in [6, 6.07) is 5.33. The Morgan fingerprint density at radius 3 is 3.17 bits per heavy atom. The van der Waals surface area contributed by atoms with Crippen LogP contribution in [0.3, 0.4) is 0 Å². The molecule has 0 saturated carbocycles. The van der Waals surface area contributed by atoms with Crippen LogP contribution in [0.2, 0.25) is 5.28 Å². The Labute approximate surface area is 143 Å². The fourth-order valence-corrected chi connectivity index (χ4v) is 2.60. The molecule has 2 N–H and O–H groups in total. The maximum absolute atomic E-state index is 12.2. The van der Waals surface area contributed by atoms with Crippen molar-refractivity contribution in [3.8, 4) is 5.88 Å². The third-order valence-corrected chi connectivity index (χ3v) is 3.82. The molecule has 9 heteroatoms. The van der Waals surface area contributed by atoms with Crippen molar-refractivity contribution in [3.63, 3.8) is 0 Å². The second-order valence-corrected chi connectivity index (χ2v) is 5.75. The van der Waals surface area contributed by atoms with E-state index in [9.17, 15) is 4.79 Å². The van der Waals surface area contributed by atoms with Crippen LogP contribution in [0.4, 0.5) is 0 Å². The number of H-pyrrole nitrogens is 1. The van der Waals surface area contributed by atoms with Crippen molar-refractivity contribution in [3.05, 3.63) is 35.5 Å². The first-order valence-electron chi connectivity index (χ1n) is 7.72. The van der Waals surface area contributed by atoms with Crippen LogP contribution in [0.25, 0.3) is 0 Å². The molecule has 1 aliphatic heterocycles. The number of amides is 1. The highest BCUT2D eigenvalue weighted by atomic mass is 35.5. The minimum Gasteiger partial charge on any atom is -0.470 e. The summed E-state index contributed by atoms with van der Waals surface area (Å²) in [7, 11) is 0. The van der Waals surface area contributed by atoms with E-state index < -0.39 is 0 Å². The number of aromatic nitrogens is 4. The van der Waals surface area contributed by atoms with Crippen LogP contribution >= 0.6 is 11.6 Å². The minimum absolute atomic E-state index is 0.0796. The molecule has 24 heavy (non-hydrogen) atoms. The Morgan fingerprint density at radius 1 is 1.50 bits per heavy atom. The van der Waals surface area contributed by atoms with Gasteiger partial charge in [0.2, 0.25) is 17.1 Å². The first-order chi connectivity index (χ1) is 11.7. The molecule has 0 aliphatic carbocycles. The summed E-state index contributed by atoms with van der Waals surface area (Å²) in [4.78, 5) is 20.3. The zero-order valence-electron chi connectivity index (χ0n) is 12.9. The number of pyridine rings is 1. The maximum Gasteiger partial charge on any atom is 0.242 e. The standard InChI is InChI=1S/C15H18ClN5O3/c16-15-19-12(20-21-15)4-5-13(22)18-10-6-8-23-9-11(10)24-14-3-1-2-7-17-14/h1-3,7,10-11H,4-6,8-9H2,(H,18,22)(H,19,20,21)/t10-,11-/m1/s1. The van der Waals surface area contributed by atoms with Crippen LogP contribution in [0.15, 0.2) is 24.4 Å². The summed E-state index contributed by atoms with van der Waals surface area (Å²) in [5, 5.41) is 9.55. The zero-order chi connectivity index (χ0) is 16.8. The predicted molar refractivity (Wildman–Crippen MR) is 85.7 cm³/mol. The molecule has 0 unspecified atom stereocenters. The third-order valence-electron chi connectivity index (χ3n) is 3.65. The van der Waals surface area contributed by atoms with E-state index in [0.29, 0.717) is 44.2 Å². The second-order valence-electron chi connectivity index (χ2n) is 5.41. The van der Waals surface area contributed by atoms with Crippen molar-refractivity contribution in [2.24, 2.45) is 0 Å². The van der Waals surface area contributed by atoms with Crippen LogP contribution in [0, 0.1) is 0 Å². The van der Waals surface area contributed by atoms with Gasteiger partial charge < -0.3 is 14.8 Å². The van der Waals surface area contributed by atoms with Gasteiger partial charge in [-0.15, -0.1) is 5.10 Å². The Hall–Kier alpha value is -2.19. The number of aryl methyl sites for hydroxylation is 1. The number of carbonyl (C=O) groups is 1. The normalized spacial score (nSPS) is 20.5. The van der Waals surface area contributed by atoms with Gasteiger partial charge in [-0.3, -0.25) is 9.89 Å². The van der Waals surface area contributed by atoms with Gasteiger partial charge in [-0.1, -0.05) is 6.07 Å². The molecule has 0 radical (unpaired) electrons. The van der Waals surface area contributed by atoms with Gasteiger partial charge in [0.1, 0.15) is 11.9 Å². The molecule has 1 aliphatic rings. The molecule has 128 valence electrons. The molecule has 0 spiro atoms. The number of rotatable bonds is 6. The van der Waals surface area contributed by atoms with Gasteiger partial charge in [0.15, 0.2) is 0 Å². The molecule has 1 amide bonds. The van der Waals surface area contributed by atoms with Gasteiger partial charge in [0.25, 0.3) is 0 Å². The molecular formula is C15H18ClN5O3. The highest BCUT2D eigenvalue weighted by Crippen LogP contribution is 2.15. The van der Waals surface area contributed by atoms with Crippen molar-refractivity contribution >= 4 is 17.5 Å². The number of ether oxygens (including phenoxy) is 2. The quantitative estimate of drug-likeness (QED) is 0.809. The fourth-order valence-electron chi connectivity index (χ4n) is 2.46. The number of aromatic amines is 1. The van der Waals surface area contributed by atoms with Gasteiger partial charge >= 0.3 is 0 Å². The summed E-state index contributed by atoms with van der Waals surface area (Å²) in [6.07, 6.45) is 2.82. The number of hydrogen-bond donors (Lipinski definition) is 2. The number of carbonyl (C=O) groups excluding carboxylic acids is 1. The Balaban J connectivity index is 1.52. The molecule has 1 saturated heterocycles. The number of nitrogens with one attached hydrogen (secondary N) is 2. The largest absolute Gasteiger partial charge is 0.470 e. The minimum atomic E-state index is -0.266.